The highest BCUT2D eigenvalue weighted by molar-refractivity contribution is 5.85. The van der Waals surface area contributed by atoms with Crippen molar-refractivity contribution in [1.29, 1.82) is 0 Å². The Kier molecular flexibility index (Phi) is 3.50. The molecule has 0 aromatic rings. The van der Waals surface area contributed by atoms with Crippen molar-refractivity contribution >= 4 is 5.84 Å². The van der Waals surface area contributed by atoms with Crippen LogP contribution in [0.4, 0.5) is 0 Å². The molecule has 0 bridgehead atoms. The molecule has 1 aliphatic heterocycles. The summed E-state index contributed by atoms with van der Waals surface area (Å²) in [4.78, 5) is 4.46. The molecule has 0 aromatic carbocycles. The molecular weight excluding hydrogens is 166 g/mol. The minimum absolute atomic E-state index is 0.164. The lowest BCUT2D eigenvalue weighted by atomic mass is 10.2. The standard InChI is InChI=1S/C8H19N5/c1-12-4-3-5-13(2)7(6-12)8(9)11-10/h7H,3-6,10H2,1-2H3,(H2,9,11). The Morgan fingerprint density at radius 3 is 2.69 bits per heavy atom. The van der Waals surface area contributed by atoms with Crippen LogP contribution in [0.15, 0.2) is 5.10 Å². The summed E-state index contributed by atoms with van der Waals surface area (Å²) in [5.41, 5.74) is 5.73. The lowest BCUT2D eigenvalue weighted by Crippen LogP contribution is -2.47. The number of hydrazone groups is 1. The second-order valence-electron chi connectivity index (χ2n) is 3.67. The van der Waals surface area contributed by atoms with Crippen LogP contribution in [0.2, 0.25) is 0 Å². The maximum absolute atomic E-state index is 5.73. The molecule has 0 spiro atoms. The lowest BCUT2D eigenvalue weighted by Gasteiger charge is -2.26. The van der Waals surface area contributed by atoms with Crippen molar-refractivity contribution in [3.05, 3.63) is 0 Å². The molecule has 4 N–H and O–H groups in total. The van der Waals surface area contributed by atoms with Crippen LogP contribution >= 0.6 is 0 Å². The number of nitrogens with zero attached hydrogens (tertiary/aromatic N) is 3. The highest BCUT2D eigenvalue weighted by Crippen LogP contribution is 2.06. The van der Waals surface area contributed by atoms with E-state index in [1.165, 1.54) is 6.42 Å². The predicted molar refractivity (Wildman–Crippen MR) is 54.3 cm³/mol. The smallest absolute Gasteiger partial charge is 0.138 e. The van der Waals surface area contributed by atoms with Gasteiger partial charge < -0.3 is 16.5 Å². The topological polar surface area (TPSA) is 70.9 Å². The van der Waals surface area contributed by atoms with Crippen LogP contribution in [0.25, 0.3) is 0 Å². The van der Waals surface area contributed by atoms with Gasteiger partial charge in [0.1, 0.15) is 5.84 Å². The van der Waals surface area contributed by atoms with Crippen molar-refractivity contribution in [2.45, 2.75) is 12.5 Å². The fraction of sp³-hybridized carbons (Fsp3) is 0.875. The first-order valence-electron chi connectivity index (χ1n) is 4.57. The zero-order valence-electron chi connectivity index (χ0n) is 8.40. The number of nitrogens with two attached hydrogens (primary N) is 2. The third kappa shape index (κ3) is 2.57. The molecule has 76 valence electrons. The lowest BCUT2D eigenvalue weighted by molar-refractivity contribution is 0.278. The van der Waals surface area contributed by atoms with E-state index < -0.39 is 0 Å². The van der Waals surface area contributed by atoms with Crippen LogP contribution in [-0.2, 0) is 0 Å². The predicted octanol–water partition coefficient (Wildman–Crippen LogP) is -1.15. The Balaban J connectivity index is 2.67. The molecule has 1 aliphatic rings. The molecule has 0 aromatic heterocycles. The van der Waals surface area contributed by atoms with Crippen molar-refractivity contribution in [2.24, 2.45) is 16.7 Å². The van der Waals surface area contributed by atoms with Gasteiger partial charge in [-0.2, -0.15) is 5.10 Å². The molecule has 1 rings (SSSR count). The Morgan fingerprint density at radius 1 is 1.38 bits per heavy atom. The summed E-state index contributed by atoms with van der Waals surface area (Å²) < 4.78 is 0. The molecule has 13 heavy (non-hydrogen) atoms. The highest BCUT2D eigenvalue weighted by atomic mass is 15.3. The van der Waals surface area contributed by atoms with Gasteiger partial charge in [-0.05, 0) is 33.6 Å². The molecule has 0 saturated carbocycles. The molecule has 0 radical (unpaired) electrons. The Morgan fingerprint density at radius 2 is 2.08 bits per heavy atom. The average Bonchev–Trinajstić information content (AvgIpc) is 2.27. The Hall–Kier alpha value is -0.810. The van der Waals surface area contributed by atoms with Gasteiger partial charge in [-0.15, -0.1) is 0 Å². The third-order valence-electron chi connectivity index (χ3n) is 2.56. The maximum Gasteiger partial charge on any atom is 0.138 e. The number of amidine groups is 1. The highest BCUT2D eigenvalue weighted by Gasteiger charge is 2.23. The first-order valence-corrected chi connectivity index (χ1v) is 4.57. The van der Waals surface area contributed by atoms with Gasteiger partial charge in [0.2, 0.25) is 0 Å². The first-order chi connectivity index (χ1) is 6.15. The van der Waals surface area contributed by atoms with Crippen LogP contribution in [-0.4, -0.2) is 55.4 Å². The Bertz CT molecular complexity index is 191. The number of hydrogen-bond acceptors (Lipinski definition) is 4. The molecule has 1 heterocycles. The van der Waals surface area contributed by atoms with Gasteiger partial charge in [-0.3, -0.25) is 4.90 Å². The quantitative estimate of drug-likeness (QED) is 0.234. The Labute approximate surface area is 79.4 Å². The monoisotopic (exact) mass is 185 g/mol. The van der Waals surface area contributed by atoms with Crippen LogP contribution in [0.5, 0.6) is 0 Å². The summed E-state index contributed by atoms with van der Waals surface area (Å²) in [5, 5.41) is 3.56. The fourth-order valence-corrected chi connectivity index (χ4v) is 1.68. The van der Waals surface area contributed by atoms with E-state index in [1.807, 2.05) is 0 Å². The molecule has 1 saturated heterocycles. The van der Waals surface area contributed by atoms with Crippen LogP contribution < -0.4 is 11.6 Å². The third-order valence-corrected chi connectivity index (χ3v) is 2.56. The second kappa shape index (κ2) is 4.43. The largest absolute Gasteiger partial charge is 0.384 e. The first kappa shape index (κ1) is 10.3. The minimum atomic E-state index is 0.164. The van der Waals surface area contributed by atoms with Crippen LogP contribution in [0.3, 0.4) is 0 Å². The van der Waals surface area contributed by atoms with Crippen molar-refractivity contribution in [3.8, 4) is 0 Å². The SMILES string of the molecule is CN1CCCN(C)C(C(N)=NN)C1. The average molecular weight is 185 g/mol. The second-order valence-corrected chi connectivity index (χ2v) is 3.67. The number of likely N-dealkylation sites (N-methyl/N-ethyl adjacent to an activating group) is 2. The van der Waals surface area contributed by atoms with Gasteiger partial charge in [0.15, 0.2) is 0 Å². The summed E-state index contributed by atoms with van der Waals surface area (Å²) in [6.07, 6.45) is 1.17. The van der Waals surface area contributed by atoms with Crippen molar-refractivity contribution in [2.75, 3.05) is 33.7 Å². The number of rotatable bonds is 1. The normalized spacial score (nSPS) is 28.8. The van der Waals surface area contributed by atoms with Crippen molar-refractivity contribution < 1.29 is 0 Å². The summed E-state index contributed by atoms with van der Waals surface area (Å²) in [6.45, 7) is 3.06. The zero-order chi connectivity index (χ0) is 9.84. The van der Waals surface area contributed by atoms with E-state index in [2.05, 4.69) is 29.0 Å². The molecule has 0 amide bonds. The van der Waals surface area contributed by atoms with E-state index in [4.69, 9.17) is 11.6 Å². The van der Waals surface area contributed by atoms with Gasteiger partial charge in [0, 0.05) is 6.54 Å². The molecule has 5 heteroatoms. The van der Waals surface area contributed by atoms with E-state index in [0.29, 0.717) is 5.84 Å². The summed E-state index contributed by atoms with van der Waals surface area (Å²) in [7, 11) is 4.15. The van der Waals surface area contributed by atoms with E-state index in [-0.39, 0.29) is 6.04 Å². The van der Waals surface area contributed by atoms with Crippen molar-refractivity contribution in [1.82, 2.24) is 9.80 Å². The summed E-state index contributed by atoms with van der Waals surface area (Å²) >= 11 is 0. The van der Waals surface area contributed by atoms with Gasteiger partial charge in [-0.1, -0.05) is 0 Å². The molecule has 1 unspecified atom stereocenters. The van der Waals surface area contributed by atoms with E-state index in [1.54, 1.807) is 0 Å². The fourth-order valence-electron chi connectivity index (χ4n) is 1.68. The van der Waals surface area contributed by atoms with E-state index in [0.717, 1.165) is 19.6 Å². The zero-order valence-corrected chi connectivity index (χ0v) is 8.40. The molecule has 1 atom stereocenters. The van der Waals surface area contributed by atoms with Crippen molar-refractivity contribution in [3.63, 3.8) is 0 Å². The summed E-state index contributed by atoms with van der Waals surface area (Å²) in [6, 6.07) is 0.164. The van der Waals surface area contributed by atoms with E-state index in [9.17, 15) is 0 Å². The van der Waals surface area contributed by atoms with Crippen LogP contribution in [0.1, 0.15) is 6.42 Å². The molecule has 5 nitrogen and oxygen atoms in total. The molecule has 0 aliphatic carbocycles. The van der Waals surface area contributed by atoms with Gasteiger partial charge in [0.25, 0.3) is 0 Å². The van der Waals surface area contributed by atoms with Gasteiger partial charge in [-0.25, -0.2) is 0 Å². The van der Waals surface area contributed by atoms with Gasteiger partial charge >= 0.3 is 0 Å². The van der Waals surface area contributed by atoms with E-state index >= 15 is 0 Å². The molecular formula is C8H19N5. The van der Waals surface area contributed by atoms with Gasteiger partial charge in [0.05, 0.1) is 6.04 Å². The molecule has 1 fully saturated rings. The minimum Gasteiger partial charge on any atom is -0.384 e. The summed E-state index contributed by atoms with van der Waals surface area (Å²) in [5.74, 6) is 5.70. The van der Waals surface area contributed by atoms with Crippen LogP contribution in [0, 0.1) is 0 Å². The number of hydrogen-bond donors (Lipinski definition) is 2. The maximum atomic E-state index is 5.73.